The van der Waals surface area contributed by atoms with Crippen molar-refractivity contribution in [3.63, 3.8) is 0 Å². The molecule has 0 radical (unpaired) electrons. The summed E-state index contributed by atoms with van der Waals surface area (Å²) in [5, 5.41) is 5.53. The summed E-state index contributed by atoms with van der Waals surface area (Å²) in [7, 11) is 3.19. The average molecular weight is 565 g/mol. The molecule has 0 fully saturated rings. The van der Waals surface area contributed by atoms with Crippen LogP contribution in [0.2, 0.25) is 10.0 Å². The highest BCUT2D eigenvalue weighted by molar-refractivity contribution is 7.09. The quantitative estimate of drug-likeness (QED) is 0.286. The number of carbonyl (C=O) groups is 2. The summed E-state index contributed by atoms with van der Waals surface area (Å²) in [4.78, 5) is 30.9. The second-order valence-corrected chi connectivity index (χ2v) is 10.5. The standard InChI is InChI=1S/C27H31Cl2N3O4S/c1-18(2)32(27(34)30-20-8-9-22(28)23(29)15-20)17-26(33)31(16-21-6-5-13-37-21)12-11-19-7-10-24(35-3)25(14-19)36-4/h5-10,13-15,18H,11-12,16-17H2,1-4H3,(H,30,34). The molecule has 0 unspecified atom stereocenters. The highest BCUT2D eigenvalue weighted by Gasteiger charge is 2.24. The van der Waals surface area contributed by atoms with Crippen LogP contribution in [-0.2, 0) is 17.8 Å². The molecule has 3 aromatic rings. The number of carbonyl (C=O) groups excluding carboxylic acids is 2. The molecular formula is C27H31Cl2N3O4S. The molecular weight excluding hydrogens is 533 g/mol. The number of benzene rings is 2. The Labute approximate surface area is 231 Å². The molecule has 0 aliphatic carbocycles. The zero-order chi connectivity index (χ0) is 26.9. The van der Waals surface area contributed by atoms with Gasteiger partial charge in [-0.15, -0.1) is 11.3 Å². The van der Waals surface area contributed by atoms with E-state index in [2.05, 4.69) is 5.32 Å². The molecule has 37 heavy (non-hydrogen) atoms. The van der Waals surface area contributed by atoms with Gasteiger partial charge in [0.1, 0.15) is 6.54 Å². The van der Waals surface area contributed by atoms with Crippen LogP contribution in [0.5, 0.6) is 11.5 Å². The second-order valence-electron chi connectivity index (χ2n) is 8.61. The highest BCUT2D eigenvalue weighted by Crippen LogP contribution is 2.28. The van der Waals surface area contributed by atoms with Crippen LogP contribution in [-0.4, -0.2) is 55.1 Å². The summed E-state index contributed by atoms with van der Waals surface area (Å²) in [6, 6.07) is 13.9. The van der Waals surface area contributed by atoms with E-state index in [9.17, 15) is 9.59 Å². The highest BCUT2D eigenvalue weighted by atomic mass is 35.5. The van der Waals surface area contributed by atoms with Crippen LogP contribution < -0.4 is 14.8 Å². The molecule has 7 nitrogen and oxygen atoms in total. The molecule has 0 saturated heterocycles. The van der Waals surface area contributed by atoms with Gasteiger partial charge in [-0.2, -0.15) is 0 Å². The molecule has 0 aliphatic heterocycles. The van der Waals surface area contributed by atoms with Crippen molar-refractivity contribution in [1.29, 1.82) is 0 Å². The summed E-state index contributed by atoms with van der Waals surface area (Å²) >= 11 is 13.7. The number of rotatable bonds is 11. The molecule has 1 heterocycles. The number of ether oxygens (including phenoxy) is 2. The van der Waals surface area contributed by atoms with Gasteiger partial charge in [-0.1, -0.05) is 35.3 Å². The van der Waals surface area contributed by atoms with Crippen molar-refractivity contribution in [3.05, 3.63) is 74.4 Å². The third-order valence-corrected chi connectivity index (χ3v) is 7.36. The van der Waals surface area contributed by atoms with Gasteiger partial charge in [-0.25, -0.2) is 4.79 Å². The Hall–Kier alpha value is -2.94. The van der Waals surface area contributed by atoms with E-state index in [0.717, 1.165) is 10.4 Å². The van der Waals surface area contributed by atoms with Crippen LogP contribution in [0.15, 0.2) is 53.9 Å². The molecule has 1 aromatic heterocycles. The van der Waals surface area contributed by atoms with Crippen LogP contribution in [0.4, 0.5) is 10.5 Å². The average Bonchev–Trinajstić information content (AvgIpc) is 3.39. The molecule has 10 heteroatoms. The lowest BCUT2D eigenvalue weighted by molar-refractivity contribution is -0.132. The molecule has 3 amide bonds. The number of thiophene rings is 1. The Morgan fingerprint density at radius 3 is 2.38 bits per heavy atom. The lowest BCUT2D eigenvalue weighted by atomic mass is 10.1. The maximum Gasteiger partial charge on any atom is 0.322 e. The number of anilines is 1. The van der Waals surface area contributed by atoms with Crippen molar-refractivity contribution in [2.75, 3.05) is 32.6 Å². The Bertz CT molecular complexity index is 1200. The van der Waals surface area contributed by atoms with E-state index >= 15 is 0 Å². The Morgan fingerprint density at radius 2 is 1.76 bits per heavy atom. The molecule has 0 saturated carbocycles. The first kappa shape index (κ1) is 28.6. The number of amides is 3. The minimum atomic E-state index is -0.391. The van der Waals surface area contributed by atoms with Crippen molar-refractivity contribution in [2.45, 2.75) is 32.9 Å². The van der Waals surface area contributed by atoms with Crippen molar-refractivity contribution in [2.24, 2.45) is 0 Å². The van der Waals surface area contributed by atoms with Crippen LogP contribution in [0.3, 0.4) is 0 Å². The van der Waals surface area contributed by atoms with E-state index in [-0.39, 0.29) is 18.5 Å². The van der Waals surface area contributed by atoms with E-state index in [1.165, 1.54) is 4.90 Å². The van der Waals surface area contributed by atoms with Gasteiger partial charge in [-0.05, 0) is 67.6 Å². The van der Waals surface area contributed by atoms with Gasteiger partial charge in [0.05, 0.1) is 30.8 Å². The van der Waals surface area contributed by atoms with Gasteiger partial charge in [0, 0.05) is 23.2 Å². The first-order chi connectivity index (χ1) is 17.7. The van der Waals surface area contributed by atoms with Crippen LogP contribution in [0, 0.1) is 0 Å². The lowest BCUT2D eigenvalue weighted by Crippen LogP contribution is -2.47. The minimum Gasteiger partial charge on any atom is -0.493 e. The summed E-state index contributed by atoms with van der Waals surface area (Å²) in [5.74, 6) is 1.14. The Morgan fingerprint density at radius 1 is 1.00 bits per heavy atom. The SMILES string of the molecule is COc1ccc(CCN(Cc2cccs2)C(=O)CN(C(=O)Nc2ccc(Cl)c(Cl)c2)C(C)C)cc1OC. The lowest BCUT2D eigenvalue weighted by Gasteiger charge is -2.30. The van der Waals surface area contributed by atoms with Gasteiger partial charge in [-0.3, -0.25) is 4.79 Å². The number of nitrogens with one attached hydrogen (secondary N) is 1. The maximum absolute atomic E-state index is 13.5. The third-order valence-electron chi connectivity index (χ3n) is 5.76. The van der Waals surface area contributed by atoms with Gasteiger partial charge < -0.3 is 24.6 Å². The monoisotopic (exact) mass is 563 g/mol. The van der Waals surface area contributed by atoms with Gasteiger partial charge in [0.2, 0.25) is 5.91 Å². The first-order valence-corrected chi connectivity index (χ1v) is 13.4. The van der Waals surface area contributed by atoms with Crippen molar-refractivity contribution in [3.8, 4) is 11.5 Å². The number of halogens is 2. The normalized spacial score (nSPS) is 10.8. The summed E-state index contributed by atoms with van der Waals surface area (Å²) in [6.07, 6.45) is 0.620. The number of nitrogens with zero attached hydrogens (tertiary/aromatic N) is 2. The second kappa shape index (κ2) is 13.6. The van der Waals surface area contributed by atoms with Crippen LogP contribution >= 0.6 is 34.5 Å². The van der Waals surface area contributed by atoms with Crippen molar-refractivity contribution >= 4 is 52.2 Å². The molecule has 0 spiro atoms. The zero-order valence-electron chi connectivity index (χ0n) is 21.3. The topological polar surface area (TPSA) is 71.1 Å². The van der Waals surface area contributed by atoms with E-state index in [1.54, 1.807) is 48.7 Å². The summed E-state index contributed by atoms with van der Waals surface area (Å²) in [6.45, 7) is 4.61. The van der Waals surface area contributed by atoms with Crippen molar-refractivity contribution in [1.82, 2.24) is 9.80 Å². The number of hydrogen-bond donors (Lipinski definition) is 1. The maximum atomic E-state index is 13.5. The summed E-state index contributed by atoms with van der Waals surface area (Å²) in [5.41, 5.74) is 1.51. The largest absolute Gasteiger partial charge is 0.493 e. The van der Waals surface area contributed by atoms with E-state index < -0.39 is 6.03 Å². The first-order valence-electron chi connectivity index (χ1n) is 11.8. The molecule has 0 atom stereocenters. The predicted octanol–water partition coefficient (Wildman–Crippen LogP) is 6.59. The molecule has 2 aromatic carbocycles. The fourth-order valence-electron chi connectivity index (χ4n) is 3.69. The Balaban J connectivity index is 1.73. The fraction of sp³-hybridized carbons (Fsp3) is 0.333. The molecule has 1 N–H and O–H groups in total. The van der Waals surface area contributed by atoms with Gasteiger partial charge in [0.15, 0.2) is 11.5 Å². The minimum absolute atomic E-state index is 0.0673. The van der Waals surface area contributed by atoms with E-state index in [0.29, 0.717) is 46.7 Å². The van der Waals surface area contributed by atoms with E-state index in [1.807, 2.05) is 49.6 Å². The molecule has 198 valence electrons. The smallest absolute Gasteiger partial charge is 0.322 e. The molecule has 0 bridgehead atoms. The van der Waals surface area contributed by atoms with Gasteiger partial charge >= 0.3 is 6.03 Å². The number of hydrogen-bond acceptors (Lipinski definition) is 5. The number of urea groups is 1. The Kier molecular flexibility index (Phi) is 10.5. The van der Waals surface area contributed by atoms with Crippen LogP contribution in [0.25, 0.3) is 0 Å². The fourth-order valence-corrected chi connectivity index (χ4v) is 4.70. The summed E-state index contributed by atoms with van der Waals surface area (Å²) < 4.78 is 10.7. The third kappa shape index (κ3) is 8.02. The molecule has 0 aliphatic rings. The van der Waals surface area contributed by atoms with Crippen LogP contribution in [0.1, 0.15) is 24.3 Å². The van der Waals surface area contributed by atoms with E-state index in [4.69, 9.17) is 32.7 Å². The zero-order valence-corrected chi connectivity index (χ0v) is 23.6. The molecule has 3 rings (SSSR count). The number of methoxy groups -OCH3 is 2. The predicted molar refractivity (Wildman–Crippen MR) is 150 cm³/mol. The van der Waals surface area contributed by atoms with Gasteiger partial charge in [0.25, 0.3) is 0 Å². The van der Waals surface area contributed by atoms with Crippen molar-refractivity contribution < 1.29 is 19.1 Å².